The summed E-state index contributed by atoms with van der Waals surface area (Å²) in [6.07, 6.45) is -0.0212. The summed E-state index contributed by atoms with van der Waals surface area (Å²) in [6.45, 7) is 0. The molecule has 0 saturated heterocycles. The SMILES string of the molecule is COC(=O)CC(NC(=O)c1ccc(-c2ccccc2Cl)o1)c1ccc(OC)cc1. The van der Waals surface area contributed by atoms with Gasteiger partial charge in [0.1, 0.15) is 11.5 Å². The third-order valence-corrected chi connectivity index (χ3v) is 4.72. The van der Waals surface area contributed by atoms with Crippen LogP contribution in [0.25, 0.3) is 11.3 Å². The van der Waals surface area contributed by atoms with Gasteiger partial charge in [0.25, 0.3) is 5.91 Å². The van der Waals surface area contributed by atoms with Crippen molar-refractivity contribution in [3.8, 4) is 17.1 Å². The predicted molar refractivity (Wildman–Crippen MR) is 109 cm³/mol. The maximum absolute atomic E-state index is 12.7. The lowest BCUT2D eigenvalue weighted by Crippen LogP contribution is -2.30. The van der Waals surface area contributed by atoms with Gasteiger partial charge in [-0.3, -0.25) is 9.59 Å². The Morgan fingerprint density at radius 1 is 1.03 bits per heavy atom. The summed E-state index contributed by atoms with van der Waals surface area (Å²) in [5.41, 5.74) is 1.43. The number of hydrogen-bond acceptors (Lipinski definition) is 5. The summed E-state index contributed by atoms with van der Waals surface area (Å²) in [5, 5.41) is 3.35. The second-order valence-corrected chi connectivity index (χ2v) is 6.63. The van der Waals surface area contributed by atoms with E-state index in [1.807, 2.05) is 12.1 Å². The number of rotatable bonds is 7. The molecule has 1 amide bonds. The van der Waals surface area contributed by atoms with Gasteiger partial charge in [-0.25, -0.2) is 0 Å². The zero-order valence-corrected chi connectivity index (χ0v) is 16.7. The fraction of sp³-hybridized carbons (Fsp3) is 0.182. The molecule has 3 aromatic rings. The normalized spacial score (nSPS) is 11.6. The third kappa shape index (κ3) is 4.97. The minimum atomic E-state index is -0.588. The number of halogens is 1. The maximum atomic E-state index is 12.7. The van der Waals surface area contributed by atoms with Gasteiger partial charge in [0.05, 0.1) is 31.7 Å². The van der Waals surface area contributed by atoms with E-state index < -0.39 is 17.9 Å². The van der Waals surface area contributed by atoms with E-state index >= 15 is 0 Å². The lowest BCUT2D eigenvalue weighted by molar-refractivity contribution is -0.141. The minimum absolute atomic E-state index is 0.0212. The van der Waals surface area contributed by atoms with Gasteiger partial charge >= 0.3 is 5.97 Å². The Kier molecular flexibility index (Phi) is 6.57. The molecule has 0 aliphatic rings. The molecule has 1 unspecified atom stereocenters. The van der Waals surface area contributed by atoms with Crippen LogP contribution in [0, 0.1) is 0 Å². The van der Waals surface area contributed by atoms with Crippen molar-refractivity contribution in [1.82, 2.24) is 5.32 Å². The Bertz CT molecular complexity index is 996. The summed E-state index contributed by atoms with van der Waals surface area (Å²) in [6, 6.07) is 16.9. The standard InChI is InChI=1S/C22H20ClNO5/c1-27-15-9-7-14(8-10-15)18(13-21(25)28-2)24-22(26)20-12-11-19(29-20)16-5-3-4-6-17(16)23/h3-12,18H,13H2,1-2H3,(H,24,26). The molecule has 0 aliphatic heterocycles. The maximum Gasteiger partial charge on any atom is 0.307 e. The van der Waals surface area contributed by atoms with Crippen LogP contribution in [-0.2, 0) is 9.53 Å². The monoisotopic (exact) mass is 413 g/mol. The highest BCUT2D eigenvalue weighted by molar-refractivity contribution is 6.33. The average molecular weight is 414 g/mol. The highest BCUT2D eigenvalue weighted by Gasteiger charge is 2.22. The second kappa shape index (κ2) is 9.30. The van der Waals surface area contributed by atoms with E-state index in [1.165, 1.54) is 7.11 Å². The molecule has 0 bridgehead atoms. The van der Waals surface area contributed by atoms with Crippen molar-refractivity contribution in [2.75, 3.05) is 14.2 Å². The van der Waals surface area contributed by atoms with Crippen LogP contribution in [0.5, 0.6) is 5.75 Å². The molecule has 0 saturated carbocycles. The van der Waals surface area contributed by atoms with Gasteiger partial charge in [-0.2, -0.15) is 0 Å². The largest absolute Gasteiger partial charge is 0.497 e. The van der Waals surface area contributed by atoms with Crippen molar-refractivity contribution < 1.29 is 23.5 Å². The number of hydrogen-bond donors (Lipinski definition) is 1. The van der Waals surface area contributed by atoms with Crippen LogP contribution in [0.1, 0.15) is 28.6 Å². The number of ether oxygens (including phenoxy) is 2. The first-order valence-electron chi connectivity index (χ1n) is 8.88. The molecule has 6 nitrogen and oxygen atoms in total. The van der Waals surface area contributed by atoms with Crippen LogP contribution in [0.2, 0.25) is 5.02 Å². The molecule has 0 fully saturated rings. The van der Waals surface area contributed by atoms with Gasteiger partial charge in [0.15, 0.2) is 5.76 Å². The number of furan rings is 1. The summed E-state index contributed by atoms with van der Waals surface area (Å²) in [4.78, 5) is 24.6. The quantitative estimate of drug-likeness (QED) is 0.571. The molecule has 7 heteroatoms. The van der Waals surface area contributed by atoms with E-state index in [9.17, 15) is 9.59 Å². The first-order valence-corrected chi connectivity index (χ1v) is 9.26. The topological polar surface area (TPSA) is 77.8 Å². The van der Waals surface area contributed by atoms with Gasteiger partial charge in [-0.15, -0.1) is 0 Å². The third-order valence-electron chi connectivity index (χ3n) is 4.39. The molecule has 29 heavy (non-hydrogen) atoms. The molecule has 0 spiro atoms. The van der Waals surface area contributed by atoms with Gasteiger partial charge in [0, 0.05) is 5.56 Å². The van der Waals surface area contributed by atoms with Crippen molar-refractivity contribution in [1.29, 1.82) is 0 Å². The summed E-state index contributed by atoms with van der Waals surface area (Å²) in [7, 11) is 2.87. The van der Waals surface area contributed by atoms with E-state index in [1.54, 1.807) is 55.6 Å². The smallest absolute Gasteiger partial charge is 0.307 e. The fourth-order valence-electron chi connectivity index (χ4n) is 2.83. The number of amides is 1. The molecule has 1 heterocycles. The van der Waals surface area contributed by atoms with Crippen LogP contribution >= 0.6 is 11.6 Å². The van der Waals surface area contributed by atoms with Gasteiger partial charge in [-0.1, -0.05) is 35.9 Å². The van der Waals surface area contributed by atoms with Crippen LogP contribution in [-0.4, -0.2) is 26.1 Å². The number of methoxy groups -OCH3 is 2. The molecule has 150 valence electrons. The second-order valence-electron chi connectivity index (χ2n) is 6.22. The molecule has 1 atom stereocenters. The average Bonchev–Trinajstić information content (AvgIpc) is 3.23. The first-order chi connectivity index (χ1) is 14.0. The van der Waals surface area contributed by atoms with Crippen molar-refractivity contribution in [2.45, 2.75) is 12.5 Å². The highest BCUT2D eigenvalue weighted by Crippen LogP contribution is 2.29. The molecule has 1 N–H and O–H groups in total. The number of nitrogens with one attached hydrogen (secondary N) is 1. The number of esters is 1. The van der Waals surface area contributed by atoms with Crippen LogP contribution < -0.4 is 10.1 Å². The molecule has 0 radical (unpaired) electrons. The minimum Gasteiger partial charge on any atom is -0.497 e. The van der Waals surface area contributed by atoms with Crippen LogP contribution in [0.3, 0.4) is 0 Å². The molecule has 0 aliphatic carbocycles. The lowest BCUT2D eigenvalue weighted by Gasteiger charge is -2.18. The highest BCUT2D eigenvalue weighted by atomic mass is 35.5. The molecule has 2 aromatic carbocycles. The Morgan fingerprint density at radius 3 is 2.41 bits per heavy atom. The molecule has 3 rings (SSSR count). The Labute approximate surface area is 173 Å². The van der Waals surface area contributed by atoms with Crippen molar-refractivity contribution in [3.63, 3.8) is 0 Å². The van der Waals surface area contributed by atoms with E-state index in [0.29, 0.717) is 22.1 Å². The van der Waals surface area contributed by atoms with Gasteiger partial charge in [0.2, 0.25) is 0 Å². The van der Waals surface area contributed by atoms with Gasteiger partial charge < -0.3 is 19.2 Å². The molecular formula is C22H20ClNO5. The zero-order valence-electron chi connectivity index (χ0n) is 16.0. The summed E-state index contributed by atoms with van der Waals surface area (Å²) in [5.74, 6) is 0.376. The van der Waals surface area contributed by atoms with Gasteiger partial charge in [-0.05, 0) is 42.0 Å². The summed E-state index contributed by atoms with van der Waals surface area (Å²) < 4.78 is 15.6. The Balaban J connectivity index is 1.81. The Hall–Kier alpha value is -3.25. The fourth-order valence-corrected chi connectivity index (χ4v) is 3.06. The lowest BCUT2D eigenvalue weighted by atomic mass is 10.0. The van der Waals surface area contributed by atoms with E-state index in [0.717, 1.165) is 5.56 Å². The predicted octanol–water partition coefficient (Wildman–Crippen LogP) is 4.64. The molecule has 1 aromatic heterocycles. The first kappa shape index (κ1) is 20.5. The van der Waals surface area contributed by atoms with Crippen LogP contribution in [0.4, 0.5) is 0 Å². The van der Waals surface area contributed by atoms with Crippen molar-refractivity contribution >= 4 is 23.5 Å². The molecular weight excluding hydrogens is 394 g/mol. The van der Waals surface area contributed by atoms with E-state index in [-0.39, 0.29) is 12.2 Å². The number of carbonyl (C=O) groups is 2. The van der Waals surface area contributed by atoms with Crippen molar-refractivity contribution in [3.05, 3.63) is 77.0 Å². The van der Waals surface area contributed by atoms with Crippen LogP contribution in [0.15, 0.2) is 65.1 Å². The zero-order chi connectivity index (χ0) is 20.8. The Morgan fingerprint density at radius 2 is 1.76 bits per heavy atom. The number of benzene rings is 2. The van der Waals surface area contributed by atoms with Crippen molar-refractivity contribution in [2.24, 2.45) is 0 Å². The van der Waals surface area contributed by atoms with E-state index in [2.05, 4.69) is 5.32 Å². The van der Waals surface area contributed by atoms with E-state index in [4.69, 9.17) is 25.5 Å². The number of carbonyl (C=O) groups excluding carboxylic acids is 2. The summed E-state index contributed by atoms with van der Waals surface area (Å²) >= 11 is 6.19.